The Kier molecular flexibility index (Phi) is 8.25. The van der Waals surface area contributed by atoms with Crippen molar-refractivity contribution >= 4 is 11.9 Å². The van der Waals surface area contributed by atoms with Crippen molar-refractivity contribution in [2.75, 3.05) is 33.9 Å². The molecular weight excluding hydrogens is 532 g/mol. The minimum Gasteiger partial charge on any atom is -0.502 e. The van der Waals surface area contributed by atoms with E-state index in [9.17, 15) is 24.3 Å². The summed E-state index contributed by atoms with van der Waals surface area (Å²) < 4.78 is 23.0. The molecule has 4 heterocycles. The van der Waals surface area contributed by atoms with Crippen LogP contribution in [0.1, 0.15) is 47.5 Å². The Bertz CT molecular complexity index is 1560. The Balaban J connectivity index is 1.43. The molecule has 216 valence electrons. The number of hydrogen-bond acceptors (Lipinski definition) is 10. The highest BCUT2D eigenvalue weighted by Crippen LogP contribution is 2.37. The van der Waals surface area contributed by atoms with Crippen LogP contribution in [0.5, 0.6) is 11.5 Å². The van der Waals surface area contributed by atoms with E-state index in [1.807, 2.05) is 10.6 Å². The van der Waals surface area contributed by atoms with Gasteiger partial charge in [0, 0.05) is 43.4 Å². The largest absolute Gasteiger partial charge is 0.502 e. The number of carbonyl (C=O) groups excluding carboxylic acids is 2. The number of methoxy groups -OCH3 is 2. The number of aromatic nitrogens is 1. The molecule has 2 bridgehead atoms. The SMILES string of the molecule is COC(=O)COc1cccc([C@@H](CC(=O)OC)c2oc(CN3C[C@H]4C[C@@H](C3)c3cccc(=O)n3C4)cc(=O)c2O)c1. The van der Waals surface area contributed by atoms with E-state index in [1.54, 1.807) is 36.4 Å². The van der Waals surface area contributed by atoms with Crippen molar-refractivity contribution in [1.82, 2.24) is 9.47 Å². The van der Waals surface area contributed by atoms with Crippen LogP contribution in [0.3, 0.4) is 0 Å². The van der Waals surface area contributed by atoms with Gasteiger partial charge in [-0.1, -0.05) is 18.2 Å². The molecule has 11 heteroatoms. The van der Waals surface area contributed by atoms with E-state index in [0.717, 1.165) is 18.7 Å². The Labute approximate surface area is 235 Å². The summed E-state index contributed by atoms with van der Waals surface area (Å²) >= 11 is 0. The van der Waals surface area contributed by atoms with Crippen LogP contribution >= 0.6 is 0 Å². The maximum Gasteiger partial charge on any atom is 0.343 e. The summed E-state index contributed by atoms with van der Waals surface area (Å²) in [5.41, 5.74) is 0.918. The van der Waals surface area contributed by atoms with E-state index < -0.39 is 29.0 Å². The molecule has 1 aromatic carbocycles. The highest BCUT2D eigenvalue weighted by atomic mass is 16.6. The summed E-state index contributed by atoms with van der Waals surface area (Å²) in [6.07, 6.45) is 0.774. The van der Waals surface area contributed by atoms with Gasteiger partial charge < -0.3 is 28.3 Å². The number of aromatic hydroxyl groups is 1. The first-order valence-corrected chi connectivity index (χ1v) is 13.4. The third-order valence-electron chi connectivity index (χ3n) is 7.69. The summed E-state index contributed by atoms with van der Waals surface area (Å²) in [7, 11) is 2.50. The lowest BCUT2D eigenvalue weighted by molar-refractivity contribution is -0.143. The fourth-order valence-corrected chi connectivity index (χ4v) is 5.85. The number of fused-ring (bicyclic) bond motifs is 4. The number of carbonyl (C=O) groups is 2. The Morgan fingerprint density at radius 2 is 1.80 bits per heavy atom. The van der Waals surface area contributed by atoms with Crippen LogP contribution in [-0.2, 0) is 32.2 Å². The molecule has 2 aliphatic heterocycles. The number of esters is 2. The van der Waals surface area contributed by atoms with Gasteiger partial charge in [0.05, 0.1) is 33.1 Å². The topological polar surface area (TPSA) is 138 Å². The normalized spacial score (nSPS) is 18.7. The zero-order valence-electron chi connectivity index (χ0n) is 22.9. The molecule has 1 fully saturated rings. The Morgan fingerprint density at radius 1 is 1.02 bits per heavy atom. The van der Waals surface area contributed by atoms with Crippen LogP contribution in [0.25, 0.3) is 0 Å². The minimum absolute atomic E-state index is 0.0104. The Morgan fingerprint density at radius 3 is 2.59 bits per heavy atom. The van der Waals surface area contributed by atoms with E-state index in [1.165, 1.54) is 20.3 Å². The molecule has 41 heavy (non-hydrogen) atoms. The summed E-state index contributed by atoms with van der Waals surface area (Å²) in [5, 5.41) is 10.8. The predicted molar refractivity (Wildman–Crippen MR) is 146 cm³/mol. The molecule has 0 saturated carbocycles. The van der Waals surface area contributed by atoms with Crippen LogP contribution in [0.4, 0.5) is 0 Å². The molecule has 0 spiro atoms. The number of benzene rings is 1. The standard InChI is InChI=1S/C30H32N2O9/c1-38-27(35)12-23(19-5-3-6-21(10-19)40-17-28(36)39-2)30-29(37)25(33)11-22(41-30)16-31-13-18-9-20(15-31)24-7-4-8-26(34)32(24)14-18/h3-8,10-11,18,20,23,37H,9,12-17H2,1-2H3/t18-,20+,23-/m1/s1. The van der Waals surface area contributed by atoms with Gasteiger partial charge in [0.2, 0.25) is 11.2 Å². The second kappa shape index (κ2) is 12.0. The van der Waals surface area contributed by atoms with Crippen molar-refractivity contribution in [3.05, 3.63) is 91.9 Å². The summed E-state index contributed by atoms with van der Waals surface area (Å²) in [6, 6.07) is 13.2. The third-order valence-corrected chi connectivity index (χ3v) is 7.69. The second-order valence-electron chi connectivity index (χ2n) is 10.5. The molecule has 2 aromatic heterocycles. The van der Waals surface area contributed by atoms with Crippen molar-refractivity contribution in [3.8, 4) is 11.5 Å². The number of piperidine rings is 1. The van der Waals surface area contributed by atoms with E-state index in [0.29, 0.717) is 36.7 Å². The molecule has 11 nitrogen and oxygen atoms in total. The third kappa shape index (κ3) is 6.19. The number of hydrogen-bond donors (Lipinski definition) is 1. The van der Waals surface area contributed by atoms with Crippen LogP contribution in [0.15, 0.2) is 62.5 Å². The van der Waals surface area contributed by atoms with Crippen molar-refractivity contribution in [2.24, 2.45) is 5.92 Å². The number of ether oxygens (including phenoxy) is 3. The van der Waals surface area contributed by atoms with Gasteiger partial charge in [0.15, 0.2) is 12.4 Å². The first kappa shape index (κ1) is 28.2. The fourth-order valence-electron chi connectivity index (χ4n) is 5.85. The van der Waals surface area contributed by atoms with Crippen LogP contribution < -0.4 is 15.7 Å². The molecular formula is C30H32N2O9. The molecule has 0 unspecified atom stereocenters. The van der Waals surface area contributed by atoms with Crippen molar-refractivity contribution in [2.45, 2.75) is 37.8 Å². The predicted octanol–water partition coefficient (Wildman–Crippen LogP) is 2.37. The van der Waals surface area contributed by atoms with Gasteiger partial charge in [0.1, 0.15) is 11.5 Å². The monoisotopic (exact) mass is 564 g/mol. The van der Waals surface area contributed by atoms with Crippen LogP contribution in [0, 0.1) is 5.92 Å². The molecule has 1 saturated heterocycles. The number of rotatable bonds is 9. The second-order valence-corrected chi connectivity index (χ2v) is 10.5. The van der Waals surface area contributed by atoms with Crippen LogP contribution in [0.2, 0.25) is 0 Å². The number of likely N-dealkylation sites (tertiary alicyclic amines) is 1. The van der Waals surface area contributed by atoms with Gasteiger partial charge in [-0.2, -0.15) is 0 Å². The highest BCUT2D eigenvalue weighted by Gasteiger charge is 2.35. The molecule has 3 aromatic rings. The molecule has 3 atom stereocenters. The average Bonchev–Trinajstić information content (AvgIpc) is 2.97. The quantitative estimate of drug-likeness (QED) is 0.386. The zero-order chi connectivity index (χ0) is 29.1. The first-order valence-electron chi connectivity index (χ1n) is 13.4. The highest BCUT2D eigenvalue weighted by molar-refractivity contribution is 5.72. The number of nitrogens with zero attached hydrogens (tertiary/aromatic N) is 2. The lowest BCUT2D eigenvalue weighted by Crippen LogP contribution is -2.46. The smallest absolute Gasteiger partial charge is 0.343 e. The lowest BCUT2D eigenvalue weighted by Gasteiger charge is -2.42. The van der Waals surface area contributed by atoms with Gasteiger partial charge in [0.25, 0.3) is 5.56 Å². The Hall–Kier alpha value is -4.38. The zero-order valence-corrected chi connectivity index (χ0v) is 22.9. The van der Waals surface area contributed by atoms with E-state index in [2.05, 4.69) is 9.64 Å². The van der Waals surface area contributed by atoms with E-state index >= 15 is 0 Å². The molecule has 1 N–H and O–H groups in total. The minimum atomic E-state index is -0.865. The molecule has 0 amide bonds. The maximum atomic E-state index is 12.9. The van der Waals surface area contributed by atoms with Crippen molar-refractivity contribution in [1.29, 1.82) is 0 Å². The van der Waals surface area contributed by atoms with Crippen LogP contribution in [-0.4, -0.2) is 60.4 Å². The average molecular weight is 565 g/mol. The van der Waals surface area contributed by atoms with Gasteiger partial charge in [-0.25, -0.2) is 4.79 Å². The van der Waals surface area contributed by atoms with E-state index in [-0.39, 0.29) is 36.2 Å². The molecule has 0 radical (unpaired) electrons. The lowest BCUT2D eigenvalue weighted by atomic mass is 9.83. The number of pyridine rings is 1. The summed E-state index contributed by atoms with van der Waals surface area (Å²) in [5.74, 6) is -1.50. The van der Waals surface area contributed by atoms with Gasteiger partial charge in [-0.15, -0.1) is 0 Å². The van der Waals surface area contributed by atoms with Gasteiger partial charge in [-0.3, -0.25) is 19.3 Å². The summed E-state index contributed by atoms with van der Waals surface area (Å²) in [4.78, 5) is 51.4. The molecule has 0 aliphatic carbocycles. The first-order chi connectivity index (χ1) is 19.7. The van der Waals surface area contributed by atoms with E-state index in [4.69, 9.17) is 13.9 Å². The molecule has 2 aliphatic rings. The van der Waals surface area contributed by atoms with Crippen molar-refractivity contribution in [3.63, 3.8) is 0 Å². The van der Waals surface area contributed by atoms with Crippen molar-refractivity contribution < 1.29 is 33.3 Å². The fraction of sp³-hybridized carbons (Fsp3) is 0.400. The molecule has 5 rings (SSSR count). The van der Waals surface area contributed by atoms with Gasteiger partial charge in [-0.05, 0) is 36.1 Å². The van der Waals surface area contributed by atoms with Gasteiger partial charge >= 0.3 is 11.9 Å². The maximum absolute atomic E-state index is 12.9. The summed E-state index contributed by atoms with van der Waals surface area (Å²) in [6.45, 7) is 2.06.